The fraction of sp³-hybridized carbons (Fsp3) is 0.423. The Labute approximate surface area is 218 Å². The molecule has 0 amide bonds. The predicted molar refractivity (Wildman–Crippen MR) is 144 cm³/mol. The molecule has 4 aromatic rings. The molecule has 36 heavy (non-hydrogen) atoms. The molecule has 1 aromatic carbocycles. The molecule has 10 heteroatoms. The minimum Gasteiger partial charge on any atom is -0.496 e. The normalized spacial score (nSPS) is 19.1. The van der Waals surface area contributed by atoms with Crippen molar-refractivity contribution in [2.75, 3.05) is 33.4 Å². The number of nitrogens with one attached hydrogen (secondary N) is 1. The van der Waals surface area contributed by atoms with Crippen molar-refractivity contribution in [3.8, 4) is 11.5 Å². The lowest BCUT2D eigenvalue weighted by Crippen LogP contribution is -2.34. The molecule has 0 radical (unpaired) electrons. The average molecular weight is 529 g/mol. The standard InChI is InChI=1S/C26H28N4O4S.ClH/c1-15-8-9-17-22-23(35-24(17)27-15)25(31)30(26(32)28-22)11-4-3-10-29-12-16-14-34-20-7-5-6-19(33-2)21(20)18(16)13-29;/h5-9,16,18H,3-4,10-14H2,1-2H3,(H,28,32);1H/t16-,18-;/m1./s1. The summed E-state index contributed by atoms with van der Waals surface area (Å²) in [6, 6.07) is 9.82. The third-order valence-electron chi connectivity index (χ3n) is 7.30. The SMILES string of the molecule is COc1cccc2c1[C@@H]1CN(CCCCn3c(=O)[nH]c4c(sc5nc(C)ccc54)c3=O)C[C@@H]1CO2.Cl. The van der Waals surface area contributed by atoms with Gasteiger partial charge in [0.1, 0.15) is 21.0 Å². The van der Waals surface area contributed by atoms with E-state index in [9.17, 15) is 9.59 Å². The second kappa shape index (κ2) is 9.88. The van der Waals surface area contributed by atoms with Crippen LogP contribution in [0.15, 0.2) is 39.9 Å². The summed E-state index contributed by atoms with van der Waals surface area (Å²) in [4.78, 5) is 36.5. The number of fused-ring (bicyclic) bond motifs is 6. The van der Waals surface area contributed by atoms with Crippen molar-refractivity contribution in [2.45, 2.75) is 32.2 Å². The molecule has 0 bridgehead atoms. The van der Waals surface area contributed by atoms with Crippen molar-refractivity contribution in [3.63, 3.8) is 0 Å². The van der Waals surface area contributed by atoms with Crippen LogP contribution in [0.5, 0.6) is 11.5 Å². The van der Waals surface area contributed by atoms with E-state index in [1.165, 1.54) is 21.5 Å². The van der Waals surface area contributed by atoms with E-state index in [0.717, 1.165) is 66.5 Å². The van der Waals surface area contributed by atoms with Crippen LogP contribution in [0, 0.1) is 12.8 Å². The van der Waals surface area contributed by atoms with Crippen LogP contribution in [0.3, 0.4) is 0 Å². The molecule has 8 nitrogen and oxygen atoms in total. The van der Waals surface area contributed by atoms with E-state index in [1.54, 1.807) is 7.11 Å². The van der Waals surface area contributed by atoms with Gasteiger partial charge < -0.3 is 19.4 Å². The molecule has 0 aliphatic carbocycles. The molecule has 6 rings (SSSR count). The molecule has 5 heterocycles. The van der Waals surface area contributed by atoms with Crippen molar-refractivity contribution >= 4 is 44.2 Å². The number of nitrogens with zero attached hydrogens (tertiary/aromatic N) is 3. The quantitative estimate of drug-likeness (QED) is 0.381. The molecule has 0 unspecified atom stereocenters. The number of aryl methyl sites for hydroxylation is 1. The number of hydrogen-bond acceptors (Lipinski definition) is 7. The molecule has 2 atom stereocenters. The van der Waals surface area contributed by atoms with E-state index >= 15 is 0 Å². The van der Waals surface area contributed by atoms with Gasteiger partial charge in [-0.25, -0.2) is 9.78 Å². The Bertz CT molecular complexity index is 1530. The third-order valence-corrected chi connectivity index (χ3v) is 8.39. The first-order chi connectivity index (χ1) is 17.0. The minimum atomic E-state index is -0.351. The number of methoxy groups -OCH3 is 1. The molecule has 2 aliphatic heterocycles. The summed E-state index contributed by atoms with van der Waals surface area (Å²) in [5.41, 5.74) is 2.10. The topological polar surface area (TPSA) is 89.5 Å². The third kappa shape index (κ3) is 4.19. The maximum atomic E-state index is 13.1. The summed E-state index contributed by atoms with van der Waals surface area (Å²) in [6.07, 6.45) is 1.68. The number of rotatable bonds is 6. The number of thiophene rings is 1. The van der Waals surface area contributed by atoms with E-state index in [-0.39, 0.29) is 23.7 Å². The largest absolute Gasteiger partial charge is 0.496 e. The molecule has 0 spiro atoms. The second-order valence-corrected chi connectivity index (χ2v) is 10.5. The average Bonchev–Trinajstić information content (AvgIpc) is 3.43. The van der Waals surface area contributed by atoms with Crippen molar-refractivity contribution in [1.82, 2.24) is 19.4 Å². The molecule has 1 saturated heterocycles. The zero-order valence-corrected chi connectivity index (χ0v) is 21.9. The molecule has 1 fully saturated rings. The maximum absolute atomic E-state index is 13.1. The lowest BCUT2D eigenvalue weighted by molar-refractivity contribution is 0.209. The van der Waals surface area contributed by atoms with E-state index in [2.05, 4.69) is 14.9 Å². The lowest BCUT2D eigenvalue weighted by Gasteiger charge is -2.29. The molecule has 1 N–H and O–H groups in total. The highest BCUT2D eigenvalue weighted by atomic mass is 35.5. The Morgan fingerprint density at radius 2 is 2.00 bits per heavy atom. The van der Waals surface area contributed by atoms with Crippen LogP contribution in [-0.4, -0.2) is 52.8 Å². The summed E-state index contributed by atoms with van der Waals surface area (Å²) in [7, 11) is 1.71. The van der Waals surface area contributed by atoms with Gasteiger partial charge in [-0.05, 0) is 50.6 Å². The molecule has 2 aliphatic rings. The molecule has 190 valence electrons. The fourth-order valence-electron chi connectivity index (χ4n) is 5.57. The first-order valence-corrected chi connectivity index (χ1v) is 12.9. The van der Waals surface area contributed by atoms with Gasteiger partial charge >= 0.3 is 5.69 Å². The van der Waals surface area contributed by atoms with Crippen LogP contribution in [0.2, 0.25) is 0 Å². The predicted octanol–water partition coefficient (Wildman–Crippen LogP) is 3.93. The highest BCUT2D eigenvalue weighted by Crippen LogP contribution is 2.46. The number of aromatic nitrogens is 3. The Kier molecular flexibility index (Phi) is 6.80. The van der Waals surface area contributed by atoms with Gasteiger partial charge in [0, 0.05) is 48.1 Å². The number of halogens is 1. The lowest BCUT2D eigenvalue weighted by atomic mass is 9.86. The Morgan fingerprint density at radius 3 is 2.83 bits per heavy atom. The monoisotopic (exact) mass is 528 g/mol. The summed E-state index contributed by atoms with van der Waals surface area (Å²) in [5.74, 6) is 2.71. The first-order valence-electron chi connectivity index (χ1n) is 12.1. The van der Waals surface area contributed by atoms with Crippen molar-refractivity contribution < 1.29 is 9.47 Å². The number of benzene rings is 1. The van der Waals surface area contributed by atoms with Gasteiger partial charge in [0.05, 0.1) is 19.2 Å². The minimum absolute atomic E-state index is 0. The number of hydrogen-bond donors (Lipinski definition) is 1. The summed E-state index contributed by atoms with van der Waals surface area (Å²) >= 11 is 1.35. The van der Waals surface area contributed by atoms with Crippen molar-refractivity contribution in [2.24, 2.45) is 5.92 Å². The number of unbranched alkanes of at least 4 members (excludes halogenated alkanes) is 1. The molecule has 0 saturated carbocycles. The van der Waals surface area contributed by atoms with Crippen molar-refractivity contribution in [1.29, 1.82) is 0 Å². The Morgan fingerprint density at radius 1 is 1.17 bits per heavy atom. The zero-order valence-electron chi connectivity index (χ0n) is 20.3. The van der Waals surface area contributed by atoms with Crippen LogP contribution in [0.1, 0.15) is 30.0 Å². The van der Waals surface area contributed by atoms with Gasteiger partial charge in [0.2, 0.25) is 0 Å². The first kappa shape index (κ1) is 24.8. The molecular weight excluding hydrogens is 500 g/mol. The maximum Gasteiger partial charge on any atom is 0.328 e. The fourth-order valence-corrected chi connectivity index (χ4v) is 6.70. The number of pyridine rings is 1. The number of aromatic amines is 1. The van der Waals surface area contributed by atoms with Crippen LogP contribution in [-0.2, 0) is 6.54 Å². The van der Waals surface area contributed by atoms with E-state index in [4.69, 9.17) is 9.47 Å². The van der Waals surface area contributed by atoms with Gasteiger partial charge in [0.15, 0.2) is 0 Å². The van der Waals surface area contributed by atoms with Crippen LogP contribution in [0.4, 0.5) is 0 Å². The Hall–Kier alpha value is -2.88. The summed E-state index contributed by atoms with van der Waals surface area (Å²) in [6.45, 7) is 5.95. The number of likely N-dealkylation sites (tertiary alicyclic amines) is 1. The van der Waals surface area contributed by atoms with Gasteiger partial charge in [-0.2, -0.15) is 0 Å². The summed E-state index contributed by atoms with van der Waals surface area (Å²) < 4.78 is 13.5. The number of H-pyrrole nitrogens is 1. The van der Waals surface area contributed by atoms with Crippen LogP contribution in [0.25, 0.3) is 20.4 Å². The van der Waals surface area contributed by atoms with Gasteiger partial charge in [-0.1, -0.05) is 6.07 Å². The smallest absolute Gasteiger partial charge is 0.328 e. The molecule has 3 aromatic heterocycles. The van der Waals surface area contributed by atoms with E-state index in [1.807, 2.05) is 37.3 Å². The highest BCUT2D eigenvalue weighted by Gasteiger charge is 2.40. The van der Waals surface area contributed by atoms with E-state index in [0.29, 0.717) is 28.6 Å². The van der Waals surface area contributed by atoms with Crippen LogP contribution < -0.4 is 20.7 Å². The summed E-state index contributed by atoms with van der Waals surface area (Å²) in [5, 5.41) is 0.828. The van der Waals surface area contributed by atoms with E-state index < -0.39 is 0 Å². The Balaban J connectivity index is 0.00000267. The second-order valence-electron chi connectivity index (χ2n) is 9.51. The number of ether oxygens (including phenoxy) is 2. The van der Waals surface area contributed by atoms with Gasteiger partial charge in [-0.3, -0.25) is 9.36 Å². The van der Waals surface area contributed by atoms with Crippen molar-refractivity contribution in [3.05, 3.63) is 62.4 Å². The van der Waals surface area contributed by atoms with Gasteiger partial charge in [-0.15, -0.1) is 23.7 Å². The molecular formula is C26H29ClN4O4S. The van der Waals surface area contributed by atoms with Gasteiger partial charge in [0.25, 0.3) is 5.56 Å². The van der Waals surface area contributed by atoms with Crippen LogP contribution >= 0.6 is 23.7 Å². The zero-order chi connectivity index (χ0) is 24.1. The highest BCUT2D eigenvalue weighted by molar-refractivity contribution is 7.25.